The van der Waals surface area contributed by atoms with Crippen molar-refractivity contribution in [2.24, 2.45) is 0 Å². The first-order valence-electron chi connectivity index (χ1n) is 19.1. The molecule has 56 heavy (non-hydrogen) atoms. The lowest BCUT2D eigenvalue weighted by Gasteiger charge is -2.23. The molecule has 0 saturated carbocycles. The van der Waals surface area contributed by atoms with E-state index in [2.05, 4.69) is 194 Å². The van der Waals surface area contributed by atoms with Crippen molar-refractivity contribution in [1.82, 2.24) is 0 Å². The number of fused-ring (bicyclic) bond motifs is 4. The molecule has 0 saturated heterocycles. The van der Waals surface area contributed by atoms with Gasteiger partial charge in [-0.25, -0.2) is 0 Å². The van der Waals surface area contributed by atoms with Gasteiger partial charge in [-0.1, -0.05) is 170 Å². The summed E-state index contributed by atoms with van der Waals surface area (Å²) in [4.78, 5) is 0. The minimum absolute atomic E-state index is 0.835. The summed E-state index contributed by atoms with van der Waals surface area (Å²) in [5.74, 6) is 1.67. The van der Waals surface area contributed by atoms with Gasteiger partial charge in [0.25, 0.3) is 0 Å². The summed E-state index contributed by atoms with van der Waals surface area (Å²) in [6.07, 6.45) is 0. The largest absolute Gasteiger partial charge is 0.497 e. The first-order valence-corrected chi connectivity index (χ1v) is 19.1. The van der Waals surface area contributed by atoms with Crippen LogP contribution in [0, 0.1) is 0 Å². The molecule has 266 valence electrons. The normalized spacial score (nSPS) is 11.4. The predicted molar refractivity (Wildman–Crippen MR) is 237 cm³/mol. The molecular weight excluding hydrogens is 681 g/mol. The van der Waals surface area contributed by atoms with Gasteiger partial charge in [0, 0.05) is 0 Å². The number of methoxy groups -OCH3 is 2. The van der Waals surface area contributed by atoms with Crippen molar-refractivity contribution in [3.05, 3.63) is 194 Å². The Balaban J connectivity index is 1.43. The summed E-state index contributed by atoms with van der Waals surface area (Å²) >= 11 is 0. The lowest BCUT2D eigenvalue weighted by molar-refractivity contribution is 0.415. The average Bonchev–Trinajstić information content (AvgIpc) is 3.27. The summed E-state index contributed by atoms with van der Waals surface area (Å²) in [6.45, 7) is 0. The van der Waals surface area contributed by atoms with Gasteiger partial charge >= 0.3 is 0 Å². The van der Waals surface area contributed by atoms with E-state index < -0.39 is 0 Å². The molecule has 0 aliphatic rings. The van der Waals surface area contributed by atoms with Gasteiger partial charge in [-0.3, -0.25) is 0 Å². The molecule has 0 fully saturated rings. The molecule has 0 aromatic heterocycles. The zero-order valence-electron chi connectivity index (χ0n) is 31.3. The van der Waals surface area contributed by atoms with Crippen molar-refractivity contribution >= 4 is 43.1 Å². The van der Waals surface area contributed by atoms with Crippen molar-refractivity contribution < 1.29 is 9.47 Å². The number of hydrogen-bond donors (Lipinski definition) is 0. The Bertz CT molecular complexity index is 2840. The highest BCUT2D eigenvalue weighted by molar-refractivity contribution is 6.29. The van der Waals surface area contributed by atoms with Crippen LogP contribution < -0.4 is 9.47 Å². The van der Waals surface area contributed by atoms with E-state index in [0.717, 1.165) is 22.6 Å². The Morgan fingerprint density at radius 1 is 0.250 bits per heavy atom. The van der Waals surface area contributed by atoms with E-state index in [9.17, 15) is 0 Å². The SMILES string of the molecule is COc1ccc(-c2c3ccccc3c(-c3ccccc3)c3cccc(-c4cccc5c(-c6ccccc6)c6ccccc6c(-c6ccc(OC)cc6)c45)c23)cc1. The topological polar surface area (TPSA) is 18.5 Å². The number of benzene rings is 10. The van der Waals surface area contributed by atoms with E-state index in [1.54, 1.807) is 14.2 Å². The zero-order chi connectivity index (χ0) is 37.6. The molecule has 0 atom stereocenters. The van der Waals surface area contributed by atoms with Gasteiger partial charge in [0.1, 0.15) is 11.5 Å². The lowest BCUT2D eigenvalue weighted by Crippen LogP contribution is -1.96. The summed E-state index contributed by atoms with van der Waals surface area (Å²) in [5, 5.41) is 9.74. The fourth-order valence-electron chi connectivity index (χ4n) is 8.85. The smallest absolute Gasteiger partial charge is 0.118 e. The maximum absolute atomic E-state index is 5.64. The molecule has 0 aliphatic carbocycles. The highest BCUT2D eigenvalue weighted by Crippen LogP contribution is 2.51. The second kappa shape index (κ2) is 13.9. The summed E-state index contributed by atoms with van der Waals surface area (Å²) in [5.41, 5.74) is 11.9. The minimum atomic E-state index is 0.835. The molecule has 10 rings (SSSR count). The molecule has 0 bridgehead atoms. The van der Waals surface area contributed by atoms with Crippen molar-refractivity contribution in [3.63, 3.8) is 0 Å². The van der Waals surface area contributed by atoms with E-state index >= 15 is 0 Å². The molecule has 2 heteroatoms. The lowest BCUT2D eigenvalue weighted by atomic mass is 9.80. The Labute approximate surface area is 326 Å². The standard InChI is InChI=1S/C54H38O2/c1-55-39-31-27-37(28-32-39)51-43-21-11-9-19-41(43)49(35-15-5-3-6-16-35)47-25-13-23-45(53(47)51)46-24-14-26-48-50(36-17-7-4-8-18-36)42-20-10-12-22-44(42)52(54(46)48)38-29-33-40(56-2)34-30-38/h3-34H,1-2H3. The van der Waals surface area contributed by atoms with Crippen molar-refractivity contribution in [3.8, 4) is 67.1 Å². The molecular formula is C54H38O2. The molecule has 0 amide bonds. The fraction of sp³-hybridized carbons (Fsp3) is 0.0370. The van der Waals surface area contributed by atoms with Gasteiger partial charge in [0.05, 0.1) is 14.2 Å². The maximum atomic E-state index is 5.64. The molecule has 0 radical (unpaired) electrons. The van der Waals surface area contributed by atoms with Gasteiger partial charge in [0.2, 0.25) is 0 Å². The molecule has 10 aromatic rings. The van der Waals surface area contributed by atoms with Crippen LogP contribution >= 0.6 is 0 Å². The van der Waals surface area contributed by atoms with Crippen molar-refractivity contribution in [1.29, 1.82) is 0 Å². The van der Waals surface area contributed by atoms with E-state index in [1.807, 2.05) is 0 Å². The van der Waals surface area contributed by atoms with E-state index in [-0.39, 0.29) is 0 Å². The molecule has 0 unspecified atom stereocenters. The van der Waals surface area contributed by atoms with Gasteiger partial charge in [-0.15, -0.1) is 0 Å². The van der Waals surface area contributed by atoms with E-state index in [4.69, 9.17) is 9.47 Å². The molecule has 0 aliphatic heterocycles. The Morgan fingerprint density at radius 2 is 0.554 bits per heavy atom. The third-order valence-corrected chi connectivity index (χ3v) is 11.3. The molecule has 10 aromatic carbocycles. The van der Waals surface area contributed by atoms with Crippen LogP contribution in [0.4, 0.5) is 0 Å². The zero-order valence-corrected chi connectivity index (χ0v) is 31.3. The van der Waals surface area contributed by atoms with Crippen LogP contribution in [0.3, 0.4) is 0 Å². The second-order valence-corrected chi connectivity index (χ2v) is 14.2. The van der Waals surface area contributed by atoms with Gasteiger partial charge < -0.3 is 9.47 Å². The number of rotatable bonds is 7. The maximum Gasteiger partial charge on any atom is 0.118 e. The van der Waals surface area contributed by atoms with Gasteiger partial charge in [0.15, 0.2) is 0 Å². The van der Waals surface area contributed by atoms with Crippen molar-refractivity contribution in [2.75, 3.05) is 14.2 Å². The first-order chi connectivity index (χ1) is 27.7. The number of hydrogen-bond acceptors (Lipinski definition) is 2. The number of ether oxygens (including phenoxy) is 2. The van der Waals surface area contributed by atoms with Crippen LogP contribution in [0.2, 0.25) is 0 Å². The highest BCUT2D eigenvalue weighted by Gasteiger charge is 2.24. The van der Waals surface area contributed by atoms with E-state index in [0.29, 0.717) is 0 Å². The fourth-order valence-corrected chi connectivity index (χ4v) is 8.85. The minimum Gasteiger partial charge on any atom is -0.497 e. The van der Waals surface area contributed by atoms with Crippen LogP contribution in [-0.4, -0.2) is 14.2 Å². The summed E-state index contributed by atoms with van der Waals surface area (Å²) < 4.78 is 11.3. The molecule has 0 heterocycles. The summed E-state index contributed by atoms with van der Waals surface area (Å²) in [6, 6.07) is 70.2. The third-order valence-electron chi connectivity index (χ3n) is 11.3. The van der Waals surface area contributed by atoms with Crippen molar-refractivity contribution in [2.45, 2.75) is 0 Å². The first kappa shape index (κ1) is 33.4. The highest BCUT2D eigenvalue weighted by atomic mass is 16.5. The average molecular weight is 719 g/mol. The Morgan fingerprint density at radius 3 is 0.911 bits per heavy atom. The van der Waals surface area contributed by atoms with Crippen LogP contribution in [0.1, 0.15) is 0 Å². The molecule has 0 N–H and O–H groups in total. The Hall–Kier alpha value is -7.16. The van der Waals surface area contributed by atoms with E-state index in [1.165, 1.54) is 87.6 Å². The molecule has 0 spiro atoms. The summed E-state index contributed by atoms with van der Waals surface area (Å²) in [7, 11) is 3.45. The van der Waals surface area contributed by atoms with Gasteiger partial charge in [-0.2, -0.15) is 0 Å². The van der Waals surface area contributed by atoms with Crippen LogP contribution in [-0.2, 0) is 0 Å². The Kier molecular flexibility index (Phi) is 8.30. The quantitative estimate of drug-likeness (QED) is 0.153. The monoisotopic (exact) mass is 718 g/mol. The van der Waals surface area contributed by atoms with Gasteiger partial charge in [-0.05, 0) is 123 Å². The van der Waals surface area contributed by atoms with Crippen LogP contribution in [0.15, 0.2) is 194 Å². The third kappa shape index (κ3) is 5.41. The predicted octanol–water partition coefficient (Wildman–Crippen LogP) is 14.7. The second-order valence-electron chi connectivity index (χ2n) is 14.2. The van der Waals surface area contributed by atoms with Crippen LogP contribution in [0.5, 0.6) is 11.5 Å². The van der Waals surface area contributed by atoms with Crippen LogP contribution in [0.25, 0.3) is 98.7 Å². The molecule has 2 nitrogen and oxygen atoms in total.